The molecule has 0 spiro atoms. The summed E-state index contributed by atoms with van der Waals surface area (Å²) in [5.74, 6) is -1.42. The maximum absolute atomic E-state index is 13.1. The van der Waals surface area contributed by atoms with Crippen LogP contribution in [-0.4, -0.2) is 11.1 Å². The molecule has 0 heterocycles. The zero-order chi connectivity index (χ0) is 10.7. The minimum Gasteiger partial charge on any atom is -0.478 e. The molecule has 0 saturated carbocycles. The minimum absolute atomic E-state index is 0.362. The lowest BCUT2D eigenvalue weighted by Crippen LogP contribution is -1.90. The number of halogens is 3. The molecule has 2 nitrogen and oxygen atoms in total. The Morgan fingerprint density at radius 2 is 2.21 bits per heavy atom. The van der Waals surface area contributed by atoms with Crippen molar-refractivity contribution in [3.63, 3.8) is 0 Å². The third-order valence-corrected chi connectivity index (χ3v) is 3.26. The van der Waals surface area contributed by atoms with Gasteiger partial charge in [0.05, 0.1) is 3.57 Å². The molecule has 14 heavy (non-hydrogen) atoms. The van der Waals surface area contributed by atoms with Gasteiger partial charge in [0.1, 0.15) is 5.82 Å². The van der Waals surface area contributed by atoms with Gasteiger partial charge in [-0.1, -0.05) is 15.9 Å². The maximum Gasteiger partial charge on any atom is 0.328 e. The molecule has 0 bridgehead atoms. The van der Waals surface area contributed by atoms with Crippen molar-refractivity contribution in [1.82, 2.24) is 0 Å². The highest BCUT2D eigenvalue weighted by atomic mass is 127. The fourth-order valence-electron chi connectivity index (χ4n) is 0.850. The number of hydrogen-bond acceptors (Lipinski definition) is 1. The third-order valence-electron chi connectivity index (χ3n) is 1.47. The zero-order valence-electron chi connectivity index (χ0n) is 6.80. The Hall–Kier alpha value is -0.430. The highest BCUT2D eigenvalue weighted by Gasteiger charge is 2.07. The van der Waals surface area contributed by atoms with Gasteiger partial charge in [0.25, 0.3) is 0 Å². The Labute approximate surface area is 102 Å². The summed E-state index contributed by atoms with van der Waals surface area (Å²) in [5.41, 5.74) is 0.535. The summed E-state index contributed by atoms with van der Waals surface area (Å²) in [6.45, 7) is 0. The number of carbonyl (C=O) groups is 1. The summed E-state index contributed by atoms with van der Waals surface area (Å²) in [4.78, 5) is 10.3. The van der Waals surface area contributed by atoms with Gasteiger partial charge in [0, 0.05) is 16.1 Å². The SMILES string of the molecule is O=C(O)/C=C/c1c(Br)ccc(F)c1I. The van der Waals surface area contributed by atoms with Gasteiger partial charge < -0.3 is 5.11 Å². The molecule has 1 rings (SSSR count). The molecular formula is C9H5BrFIO2. The normalized spacial score (nSPS) is 10.8. The molecule has 1 aromatic carbocycles. The molecule has 0 radical (unpaired) electrons. The lowest BCUT2D eigenvalue weighted by atomic mass is 10.2. The van der Waals surface area contributed by atoms with Gasteiger partial charge in [0.2, 0.25) is 0 Å². The molecule has 0 atom stereocenters. The zero-order valence-corrected chi connectivity index (χ0v) is 10.5. The fraction of sp³-hybridized carbons (Fsp3) is 0. The van der Waals surface area contributed by atoms with Gasteiger partial charge in [0.15, 0.2) is 0 Å². The molecule has 5 heteroatoms. The summed E-state index contributed by atoms with van der Waals surface area (Å²) in [5, 5.41) is 8.43. The van der Waals surface area contributed by atoms with Crippen molar-refractivity contribution in [3.8, 4) is 0 Å². The number of aliphatic carboxylic acids is 1. The topological polar surface area (TPSA) is 37.3 Å². The van der Waals surface area contributed by atoms with Gasteiger partial charge in [-0.25, -0.2) is 9.18 Å². The van der Waals surface area contributed by atoms with Crippen LogP contribution in [0.2, 0.25) is 0 Å². The van der Waals surface area contributed by atoms with Crippen LogP contribution in [0, 0.1) is 9.39 Å². The summed E-state index contributed by atoms with van der Waals surface area (Å²) >= 11 is 5.04. The van der Waals surface area contributed by atoms with Crippen molar-refractivity contribution in [3.05, 3.63) is 37.6 Å². The van der Waals surface area contributed by atoms with E-state index < -0.39 is 5.97 Å². The fourth-order valence-corrected chi connectivity index (χ4v) is 2.33. The second-order valence-corrected chi connectivity index (χ2v) is 4.36. The largest absolute Gasteiger partial charge is 0.478 e. The first-order chi connectivity index (χ1) is 6.52. The third kappa shape index (κ3) is 2.78. The van der Waals surface area contributed by atoms with E-state index in [1.165, 1.54) is 12.1 Å². The van der Waals surface area contributed by atoms with Crippen molar-refractivity contribution in [2.75, 3.05) is 0 Å². The van der Waals surface area contributed by atoms with Crippen molar-refractivity contribution in [1.29, 1.82) is 0 Å². The highest BCUT2D eigenvalue weighted by molar-refractivity contribution is 14.1. The Morgan fingerprint density at radius 3 is 2.79 bits per heavy atom. The Balaban J connectivity index is 3.19. The smallest absolute Gasteiger partial charge is 0.328 e. The lowest BCUT2D eigenvalue weighted by molar-refractivity contribution is -0.131. The van der Waals surface area contributed by atoms with Crippen LogP contribution in [0.25, 0.3) is 6.08 Å². The van der Waals surface area contributed by atoms with E-state index in [-0.39, 0.29) is 5.82 Å². The predicted molar refractivity (Wildman–Crippen MR) is 63.5 cm³/mol. The van der Waals surface area contributed by atoms with Crippen LogP contribution in [0.1, 0.15) is 5.56 Å². The summed E-state index contributed by atoms with van der Waals surface area (Å²) in [6, 6.07) is 2.86. The first-order valence-electron chi connectivity index (χ1n) is 3.57. The molecule has 1 N–H and O–H groups in total. The first kappa shape index (κ1) is 11.6. The van der Waals surface area contributed by atoms with Crippen molar-refractivity contribution in [2.45, 2.75) is 0 Å². The van der Waals surface area contributed by atoms with Gasteiger partial charge in [-0.3, -0.25) is 0 Å². The van der Waals surface area contributed by atoms with Crippen LogP contribution in [0.15, 0.2) is 22.7 Å². The molecule has 0 saturated heterocycles. The van der Waals surface area contributed by atoms with Crippen LogP contribution >= 0.6 is 38.5 Å². The Bertz CT molecular complexity index is 404. The van der Waals surface area contributed by atoms with Crippen LogP contribution in [0.4, 0.5) is 4.39 Å². The van der Waals surface area contributed by atoms with E-state index in [9.17, 15) is 9.18 Å². The number of carboxylic acids is 1. The molecule has 0 unspecified atom stereocenters. The molecule has 0 amide bonds. The van der Waals surface area contributed by atoms with Crippen molar-refractivity contribution < 1.29 is 14.3 Å². The van der Waals surface area contributed by atoms with E-state index in [1.807, 2.05) is 22.6 Å². The number of carboxylic acid groups (broad SMARTS) is 1. The second kappa shape index (κ2) is 4.88. The van der Waals surface area contributed by atoms with Crippen molar-refractivity contribution >= 4 is 50.6 Å². The molecule has 0 aliphatic rings. The van der Waals surface area contributed by atoms with Gasteiger partial charge in [-0.05, 0) is 40.8 Å². The lowest BCUT2D eigenvalue weighted by Gasteiger charge is -2.02. The first-order valence-corrected chi connectivity index (χ1v) is 5.44. The minimum atomic E-state index is -1.06. The molecule has 0 aromatic heterocycles. The number of hydrogen-bond donors (Lipinski definition) is 1. The van der Waals surface area contributed by atoms with E-state index in [0.29, 0.717) is 13.6 Å². The standard InChI is InChI=1S/C9H5BrFIO2/c10-6-2-3-7(11)9(12)5(6)1-4-8(13)14/h1-4H,(H,13,14)/b4-1+. The van der Waals surface area contributed by atoms with Crippen LogP contribution < -0.4 is 0 Å². The highest BCUT2D eigenvalue weighted by Crippen LogP contribution is 2.25. The van der Waals surface area contributed by atoms with Crippen LogP contribution in [0.3, 0.4) is 0 Å². The molecule has 0 aliphatic heterocycles. The average molecular weight is 371 g/mol. The van der Waals surface area contributed by atoms with E-state index in [4.69, 9.17) is 5.11 Å². The van der Waals surface area contributed by atoms with Crippen molar-refractivity contribution in [2.24, 2.45) is 0 Å². The Kier molecular flexibility index (Phi) is 4.06. The maximum atomic E-state index is 13.1. The van der Waals surface area contributed by atoms with E-state index in [0.717, 1.165) is 6.08 Å². The predicted octanol–water partition coefficient (Wildman–Crippen LogP) is 3.29. The van der Waals surface area contributed by atoms with E-state index in [1.54, 1.807) is 6.07 Å². The second-order valence-electron chi connectivity index (χ2n) is 2.43. The number of benzene rings is 1. The number of rotatable bonds is 2. The van der Waals surface area contributed by atoms with Crippen LogP contribution in [0.5, 0.6) is 0 Å². The molecule has 0 fully saturated rings. The summed E-state index contributed by atoms with van der Waals surface area (Å²) in [6.07, 6.45) is 2.33. The molecule has 0 aliphatic carbocycles. The van der Waals surface area contributed by atoms with Crippen LogP contribution in [-0.2, 0) is 4.79 Å². The van der Waals surface area contributed by atoms with Gasteiger partial charge in [-0.2, -0.15) is 0 Å². The van der Waals surface area contributed by atoms with E-state index >= 15 is 0 Å². The summed E-state index contributed by atoms with van der Waals surface area (Å²) in [7, 11) is 0. The average Bonchev–Trinajstić information content (AvgIpc) is 2.11. The molecule has 74 valence electrons. The molecule has 1 aromatic rings. The molecular weight excluding hydrogens is 366 g/mol. The quantitative estimate of drug-likeness (QED) is 0.492. The Morgan fingerprint density at radius 1 is 1.57 bits per heavy atom. The summed E-state index contributed by atoms with van der Waals surface area (Å²) < 4.78 is 14.1. The monoisotopic (exact) mass is 370 g/mol. The van der Waals surface area contributed by atoms with Gasteiger partial charge >= 0.3 is 5.97 Å². The van der Waals surface area contributed by atoms with E-state index in [2.05, 4.69) is 15.9 Å². The van der Waals surface area contributed by atoms with Gasteiger partial charge in [-0.15, -0.1) is 0 Å².